The van der Waals surface area contributed by atoms with E-state index in [0.717, 1.165) is 18.3 Å². The van der Waals surface area contributed by atoms with Crippen LogP contribution in [0.4, 0.5) is 0 Å². The van der Waals surface area contributed by atoms with Crippen LogP contribution in [-0.2, 0) is 0 Å². The molecule has 1 N–H and O–H groups in total. The molecule has 0 aliphatic rings. The monoisotopic (exact) mass is 264 g/mol. The first-order valence-electron chi connectivity index (χ1n) is 6.65. The molecule has 0 aliphatic carbocycles. The molecule has 0 aliphatic heterocycles. The Labute approximate surface area is 121 Å². The minimum atomic E-state index is 1.00. The predicted octanol–water partition coefficient (Wildman–Crippen LogP) is 5.63. The fourth-order valence-electron chi connectivity index (χ4n) is 0.964. The first kappa shape index (κ1) is 26.1. The van der Waals surface area contributed by atoms with Crippen LogP contribution in [0.5, 0.6) is 0 Å². The molecule has 0 unspecified atom stereocenters. The Morgan fingerprint density at radius 2 is 1.16 bits per heavy atom. The van der Waals surface area contributed by atoms with Gasteiger partial charge in [0.15, 0.2) is 0 Å². The summed E-state index contributed by atoms with van der Waals surface area (Å²) in [7, 11) is 1.00. The summed E-state index contributed by atoms with van der Waals surface area (Å²) in [5, 5.41) is 7.00. The van der Waals surface area contributed by atoms with E-state index in [4.69, 9.17) is 5.11 Å². The predicted molar refractivity (Wildman–Crippen MR) is 92.4 cm³/mol. The fraction of sp³-hybridized carbons (Fsp3) is 0.333. The van der Waals surface area contributed by atoms with Gasteiger partial charge in [-0.1, -0.05) is 90.0 Å². The highest BCUT2D eigenvalue weighted by atomic mass is 16.2. The van der Waals surface area contributed by atoms with Gasteiger partial charge in [0.25, 0.3) is 0 Å². The summed E-state index contributed by atoms with van der Waals surface area (Å²) in [6.07, 6.45) is 13.2. The van der Waals surface area contributed by atoms with Gasteiger partial charge < -0.3 is 5.11 Å². The molecule has 0 atom stereocenters. The lowest BCUT2D eigenvalue weighted by Crippen LogP contribution is -1.81. The standard InChI is InChI=1S/C13H16.2C2H6.CH4O/c1-5-9-12(8-4)13(10-6-2)11-7-3;3*1-2/h5-11H,1-2,4H2,3H3;2*1-2H3;2H,1H3/b11-7-,12-9+,13-10+;;;. The third-order valence-electron chi connectivity index (χ3n) is 1.49. The highest BCUT2D eigenvalue weighted by Gasteiger charge is 1.93. The highest BCUT2D eigenvalue weighted by Crippen LogP contribution is 2.12. The van der Waals surface area contributed by atoms with Gasteiger partial charge in [0.1, 0.15) is 0 Å². The molecule has 0 saturated carbocycles. The van der Waals surface area contributed by atoms with Crippen molar-refractivity contribution < 1.29 is 5.11 Å². The van der Waals surface area contributed by atoms with E-state index in [0.29, 0.717) is 0 Å². The summed E-state index contributed by atoms with van der Waals surface area (Å²) in [6, 6.07) is 0. The molecule has 0 amide bonds. The van der Waals surface area contributed by atoms with E-state index in [9.17, 15) is 0 Å². The Morgan fingerprint density at radius 3 is 1.42 bits per heavy atom. The van der Waals surface area contributed by atoms with Gasteiger partial charge >= 0.3 is 0 Å². The third kappa shape index (κ3) is 18.9. The van der Waals surface area contributed by atoms with E-state index in [-0.39, 0.29) is 0 Å². The highest BCUT2D eigenvalue weighted by molar-refractivity contribution is 5.48. The van der Waals surface area contributed by atoms with Gasteiger partial charge in [-0.05, 0) is 18.1 Å². The Hall–Kier alpha value is -1.60. The van der Waals surface area contributed by atoms with Crippen LogP contribution in [0.15, 0.2) is 73.4 Å². The lowest BCUT2D eigenvalue weighted by molar-refractivity contribution is 0.399. The summed E-state index contributed by atoms with van der Waals surface area (Å²) in [5.41, 5.74) is 2.14. The van der Waals surface area contributed by atoms with Crippen molar-refractivity contribution in [3.05, 3.63) is 73.4 Å². The van der Waals surface area contributed by atoms with Gasteiger partial charge in [0.05, 0.1) is 0 Å². The minimum absolute atomic E-state index is 1.00. The van der Waals surface area contributed by atoms with Crippen LogP contribution < -0.4 is 0 Å². The van der Waals surface area contributed by atoms with E-state index in [1.807, 2.05) is 58.9 Å². The second-order valence-corrected chi connectivity index (χ2v) is 2.42. The van der Waals surface area contributed by atoms with Crippen molar-refractivity contribution in [2.45, 2.75) is 34.6 Å². The van der Waals surface area contributed by atoms with Gasteiger partial charge in [0.2, 0.25) is 0 Å². The normalized spacial score (nSPS) is 9.84. The average Bonchev–Trinajstić information content (AvgIpc) is 2.51. The van der Waals surface area contributed by atoms with Gasteiger partial charge in [-0.15, -0.1) is 0 Å². The summed E-state index contributed by atoms with van der Waals surface area (Å²) in [5.74, 6) is 0. The molecule has 0 aromatic heterocycles. The molecule has 110 valence electrons. The Morgan fingerprint density at radius 1 is 0.789 bits per heavy atom. The molecule has 0 rings (SSSR count). The summed E-state index contributed by atoms with van der Waals surface area (Å²) < 4.78 is 0. The van der Waals surface area contributed by atoms with E-state index >= 15 is 0 Å². The zero-order valence-corrected chi connectivity index (χ0v) is 13.6. The van der Waals surface area contributed by atoms with Gasteiger partial charge in [0, 0.05) is 7.11 Å². The van der Waals surface area contributed by atoms with Crippen LogP contribution in [0.1, 0.15) is 34.6 Å². The second-order valence-electron chi connectivity index (χ2n) is 2.42. The lowest BCUT2D eigenvalue weighted by Gasteiger charge is -2.00. The maximum absolute atomic E-state index is 7.00. The summed E-state index contributed by atoms with van der Waals surface area (Å²) in [4.78, 5) is 0. The van der Waals surface area contributed by atoms with Crippen molar-refractivity contribution >= 4 is 0 Å². The molecular weight excluding hydrogens is 232 g/mol. The zero-order chi connectivity index (χ0) is 16.1. The number of aliphatic hydroxyl groups is 1. The average molecular weight is 264 g/mol. The SMILES string of the molecule is C=C/C=C(C=C)/C(/C=C\C)=C/C=C.CC.CC.CO. The lowest BCUT2D eigenvalue weighted by atomic mass is 10.0. The first-order chi connectivity index (χ1) is 9.29. The topological polar surface area (TPSA) is 20.2 Å². The van der Waals surface area contributed by atoms with Gasteiger partial charge in [-0.2, -0.15) is 0 Å². The van der Waals surface area contributed by atoms with E-state index < -0.39 is 0 Å². The fourth-order valence-corrected chi connectivity index (χ4v) is 0.964. The largest absolute Gasteiger partial charge is 0.400 e. The number of rotatable bonds is 5. The van der Waals surface area contributed by atoms with Crippen LogP contribution >= 0.6 is 0 Å². The molecule has 1 nitrogen and oxygen atoms in total. The third-order valence-corrected chi connectivity index (χ3v) is 1.49. The van der Waals surface area contributed by atoms with Crippen molar-refractivity contribution in [3.63, 3.8) is 0 Å². The molecule has 0 radical (unpaired) electrons. The van der Waals surface area contributed by atoms with E-state index in [1.165, 1.54) is 0 Å². The number of allylic oxidation sites excluding steroid dienone is 9. The Kier molecular flexibility index (Phi) is 41.1. The molecular formula is C18H32O. The Bertz CT molecular complexity index is 278. The quantitative estimate of drug-likeness (QED) is 0.638. The molecule has 0 aromatic rings. The second kappa shape index (κ2) is 29.9. The maximum atomic E-state index is 7.00. The number of hydrogen-bond donors (Lipinski definition) is 1. The molecule has 0 saturated heterocycles. The van der Waals surface area contributed by atoms with Crippen molar-refractivity contribution in [2.75, 3.05) is 7.11 Å². The van der Waals surface area contributed by atoms with E-state index in [2.05, 4.69) is 19.7 Å². The van der Waals surface area contributed by atoms with Gasteiger partial charge in [-0.25, -0.2) is 0 Å². The van der Waals surface area contributed by atoms with E-state index in [1.54, 1.807) is 18.2 Å². The van der Waals surface area contributed by atoms with Crippen molar-refractivity contribution in [1.29, 1.82) is 0 Å². The van der Waals surface area contributed by atoms with Crippen LogP contribution in [0.2, 0.25) is 0 Å². The minimum Gasteiger partial charge on any atom is -0.400 e. The van der Waals surface area contributed by atoms with Crippen LogP contribution in [0.25, 0.3) is 0 Å². The summed E-state index contributed by atoms with van der Waals surface area (Å²) in [6.45, 7) is 21.0. The number of hydrogen-bond acceptors (Lipinski definition) is 1. The van der Waals surface area contributed by atoms with Gasteiger partial charge in [-0.3, -0.25) is 0 Å². The smallest absolute Gasteiger partial charge is 0.0319 e. The molecule has 0 bridgehead atoms. The van der Waals surface area contributed by atoms with Crippen molar-refractivity contribution in [2.24, 2.45) is 0 Å². The van der Waals surface area contributed by atoms with Crippen LogP contribution in [-0.4, -0.2) is 12.2 Å². The molecule has 1 heteroatoms. The molecule has 19 heavy (non-hydrogen) atoms. The molecule has 0 spiro atoms. The maximum Gasteiger partial charge on any atom is 0.0319 e. The van der Waals surface area contributed by atoms with Crippen LogP contribution in [0, 0.1) is 0 Å². The zero-order valence-electron chi connectivity index (χ0n) is 13.6. The first-order valence-corrected chi connectivity index (χ1v) is 6.65. The van der Waals surface area contributed by atoms with Crippen molar-refractivity contribution in [3.8, 4) is 0 Å². The number of aliphatic hydroxyl groups excluding tert-OH is 1. The molecule has 0 fully saturated rings. The van der Waals surface area contributed by atoms with Crippen LogP contribution in [0.3, 0.4) is 0 Å². The Balaban J connectivity index is -0.000000163. The summed E-state index contributed by atoms with van der Waals surface area (Å²) >= 11 is 0. The molecule has 0 heterocycles. The van der Waals surface area contributed by atoms with Crippen molar-refractivity contribution in [1.82, 2.24) is 0 Å². The molecule has 0 aromatic carbocycles.